The number of Topliss-reactive ketones (excluding diaryl/α,β-unsaturated/α-hetero) is 2. The lowest BCUT2D eigenvalue weighted by molar-refractivity contribution is -0.116. The first-order valence-electron chi connectivity index (χ1n) is 7.39. The van der Waals surface area contributed by atoms with E-state index in [0.717, 1.165) is 5.57 Å². The Morgan fingerprint density at radius 2 is 1.52 bits per heavy atom. The molecule has 1 aliphatic carbocycles. The Hall–Kier alpha value is -1.48. The highest BCUT2D eigenvalue weighted by molar-refractivity contribution is 6.24. The van der Waals surface area contributed by atoms with E-state index in [4.69, 9.17) is 0 Å². The number of carbonyl (C=O) groups excluding carboxylic acids is 2. The quantitative estimate of drug-likeness (QED) is 0.620. The summed E-state index contributed by atoms with van der Waals surface area (Å²) in [6.07, 6.45) is 3.36. The van der Waals surface area contributed by atoms with Crippen LogP contribution in [-0.4, -0.2) is 22.3 Å². The molecule has 0 saturated carbocycles. The SMILES string of the molecule is CC(C)=CCC1=C(CCC(C)(C)O)C(=O)C(C)=C(C)C1=O. The third-order valence-corrected chi connectivity index (χ3v) is 3.86. The Balaban J connectivity index is 3.20. The van der Waals surface area contributed by atoms with Crippen LogP contribution >= 0.6 is 0 Å². The van der Waals surface area contributed by atoms with Crippen LogP contribution in [0.4, 0.5) is 0 Å². The minimum Gasteiger partial charge on any atom is -0.390 e. The van der Waals surface area contributed by atoms with E-state index < -0.39 is 5.60 Å². The summed E-state index contributed by atoms with van der Waals surface area (Å²) in [6, 6.07) is 0. The molecule has 0 unspecified atom stereocenters. The van der Waals surface area contributed by atoms with Gasteiger partial charge in [-0.2, -0.15) is 0 Å². The van der Waals surface area contributed by atoms with Crippen molar-refractivity contribution in [1.29, 1.82) is 0 Å². The Morgan fingerprint density at radius 3 is 1.95 bits per heavy atom. The predicted octanol–water partition coefficient (Wildman–Crippen LogP) is 3.68. The first kappa shape index (κ1) is 17.6. The minimum absolute atomic E-state index is 0.0321. The van der Waals surface area contributed by atoms with Crippen LogP contribution in [0.1, 0.15) is 60.8 Å². The highest BCUT2D eigenvalue weighted by Crippen LogP contribution is 2.31. The topological polar surface area (TPSA) is 54.4 Å². The van der Waals surface area contributed by atoms with Gasteiger partial charge in [0.25, 0.3) is 0 Å². The van der Waals surface area contributed by atoms with Gasteiger partial charge in [-0.1, -0.05) is 11.6 Å². The number of hydrogen-bond acceptors (Lipinski definition) is 3. The lowest BCUT2D eigenvalue weighted by atomic mass is 9.81. The molecule has 0 atom stereocenters. The van der Waals surface area contributed by atoms with Crippen molar-refractivity contribution in [3.8, 4) is 0 Å². The average molecular weight is 290 g/mol. The zero-order chi connectivity index (χ0) is 16.4. The van der Waals surface area contributed by atoms with Crippen molar-refractivity contribution in [3.63, 3.8) is 0 Å². The van der Waals surface area contributed by atoms with Crippen LogP contribution in [0.3, 0.4) is 0 Å². The second-order valence-electron chi connectivity index (χ2n) is 6.66. The molecule has 0 saturated heterocycles. The van der Waals surface area contributed by atoms with Crippen LogP contribution < -0.4 is 0 Å². The fourth-order valence-electron chi connectivity index (χ4n) is 2.28. The number of aliphatic hydroxyl groups is 1. The van der Waals surface area contributed by atoms with Crippen LogP contribution in [0.2, 0.25) is 0 Å². The summed E-state index contributed by atoms with van der Waals surface area (Å²) in [5.74, 6) is -0.0798. The van der Waals surface area contributed by atoms with Crippen LogP contribution in [0, 0.1) is 0 Å². The van der Waals surface area contributed by atoms with Crippen molar-refractivity contribution < 1.29 is 14.7 Å². The third kappa shape index (κ3) is 4.50. The summed E-state index contributed by atoms with van der Waals surface area (Å²) in [6.45, 7) is 10.8. The zero-order valence-corrected chi connectivity index (χ0v) is 14.0. The second-order valence-corrected chi connectivity index (χ2v) is 6.66. The zero-order valence-electron chi connectivity index (χ0n) is 14.0. The standard InChI is InChI=1S/C18H26O3/c1-11(2)7-8-14-15(9-10-18(5,6)21)17(20)13(4)12(3)16(14)19/h7,21H,8-10H2,1-6H3. The lowest BCUT2D eigenvalue weighted by Crippen LogP contribution is -2.25. The van der Waals surface area contributed by atoms with E-state index in [1.165, 1.54) is 0 Å². The van der Waals surface area contributed by atoms with E-state index >= 15 is 0 Å². The van der Waals surface area contributed by atoms with Gasteiger partial charge >= 0.3 is 0 Å². The van der Waals surface area contributed by atoms with Gasteiger partial charge in [0.1, 0.15) is 0 Å². The molecule has 3 nitrogen and oxygen atoms in total. The predicted molar refractivity (Wildman–Crippen MR) is 85.0 cm³/mol. The molecule has 0 aromatic heterocycles. The smallest absolute Gasteiger partial charge is 0.185 e. The van der Waals surface area contributed by atoms with Crippen LogP contribution in [0.5, 0.6) is 0 Å². The van der Waals surface area contributed by atoms with Gasteiger partial charge in [-0.15, -0.1) is 0 Å². The molecule has 116 valence electrons. The maximum absolute atomic E-state index is 12.5. The van der Waals surface area contributed by atoms with Crippen LogP contribution in [0.15, 0.2) is 33.9 Å². The van der Waals surface area contributed by atoms with Crippen molar-refractivity contribution in [3.05, 3.63) is 33.9 Å². The molecule has 0 heterocycles. The number of carbonyl (C=O) groups is 2. The van der Waals surface area contributed by atoms with Crippen LogP contribution in [0.25, 0.3) is 0 Å². The molecule has 0 bridgehead atoms. The van der Waals surface area contributed by atoms with E-state index in [9.17, 15) is 14.7 Å². The Kier molecular flexibility index (Phi) is 5.46. The number of rotatable bonds is 5. The summed E-state index contributed by atoms with van der Waals surface area (Å²) in [7, 11) is 0. The van der Waals surface area contributed by atoms with Gasteiger partial charge in [0.05, 0.1) is 5.60 Å². The maximum atomic E-state index is 12.5. The van der Waals surface area contributed by atoms with Gasteiger partial charge in [-0.25, -0.2) is 0 Å². The molecular weight excluding hydrogens is 264 g/mol. The molecule has 0 aromatic carbocycles. The van der Waals surface area contributed by atoms with Gasteiger partial charge < -0.3 is 5.11 Å². The van der Waals surface area contributed by atoms with Gasteiger partial charge in [0.2, 0.25) is 0 Å². The fourth-order valence-corrected chi connectivity index (χ4v) is 2.28. The molecule has 21 heavy (non-hydrogen) atoms. The first-order chi connectivity index (χ1) is 9.54. The molecule has 1 rings (SSSR count). The minimum atomic E-state index is -0.845. The molecular formula is C18H26O3. The van der Waals surface area contributed by atoms with Gasteiger partial charge in [0.15, 0.2) is 11.6 Å². The van der Waals surface area contributed by atoms with Gasteiger partial charge in [-0.05, 0) is 60.8 Å². The lowest BCUT2D eigenvalue weighted by Gasteiger charge is -2.23. The van der Waals surface area contributed by atoms with E-state index in [-0.39, 0.29) is 11.6 Å². The number of hydrogen-bond donors (Lipinski definition) is 1. The molecule has 0 amide bonds. The molecule has 3 heteroatoms. The van der Waals surface area contributed by atoms with Crippen molar-refractivity contribution in [1.82, 2.24) is 0 Å². The van der Waals surface area contributed by atoms with E-state index in [0.29, 0.717) is 41.6 Å². The summed E-state index contributed by atoms with van der Waals surface area (Å²) in [5.41, 5.74) is 2.52. The van der Waals surface area contributed by atoms with Gasteiger partial charge in [0, 0.05) is 22.3 Å². The Labute approximate surface area is 127 Å². The molecule has 0 radical (unpaired) electrons. The first-order valence-corrected chi connectivity index (χ1v) is 7.39. The molecule has 0 fully saturated rings. The normalized spacial score (nSPS) is 16.7. The highest BCUT2D eigenvalue weighted by Gasteiger charge is 2.30. The van der Waals surface area contributed by atoms with Crippen LogP contribution in [-0.2, 0) is 9.59 Å². The highest BCUT2D eigenvalue weighted by atomic mass is 16.3. The van der Waals surface area contributed by atoms with Crippen molar-refractivity contribution in [2.45, 2.75) is 66.4 Å². The van der Waals surface area contributed by atoms with Gasteiger partial charge in [-0.3, -0.25) is 9.59 Å². The van der Waals surface area contributed by atoms with E-state index in [2.05, 4.69) is 0 Å². The molecule has 0 aromatic rings. The Morgan fingerprint density at radius 1 is 1.05 bits per heavy atom. The third-order valence-electron chi connectivity index (χ3n) is 3.86. The molecule has 0 spiro atoms. The summed E-state index contributed by atoms with van der Waals surface area (Å²) >= 11 is 0. The number of allylic oxidation sites excluding steroid dienone is 6. The summed E-state index contributed by atoms with van der Waals surface area (Å²) in [5, 5.41) is 9.88. The average Bonchev–Trinajstić information content (AvgIpc) is 2.36. The maximum Gasteiger partial charge on any atom is 0.185 e. The fraction of sp³-hybridized carbons (Fsp3) is 0.556. The molecule has 0 aliphatic heterocycles. The van der Waals surface area contributed by atoms with Crippen molar-refractivity contribution in [2.24, 2.45) is 0 Å². The summed E-state index contributed by atoms with van der Waals surface area (Å²) < 4.78 is 0. The van der Waals surface area contributed by atoms with E-state index in [1.54, 1.807) is 27.7 Å². The second kappa shape index (κ2) is 6.52. The molecule has 1 N–H and O–H groups in total. The largest absolute Gasteiger partial charge is 0.390 e. The van der Waals surface area contributed by atoms with E-state index in [1.807, 2.05) is 19.9 Å². The summed E-state index contributed by atoms with van der Waals surface area (Å²) in [4.78, 5) is 25.0. The van der Waals surface area contributed by atoms with Crippen molar-refractivity contribution >= 4 is 11.6 Å². The monoisotopic (exact) mass is 290 g/mol. The molecule has 1 aliphatic rings. The number of ketones is 2. The Bertz CT molecular complexity index is 548. The van der Waals surface area contributed by atoms with Crippen molar-refractivity contribution in [2.75, 3.05) is 0 Å².